The second kappa shape index (κ2) is 8.68. The van der Waals surface area contributed by atoms with Crippen LogP contribution in [0.15, 0.2) is 58.2 Å². The average Bonchev–Trinajstić information content (AvgIpc) is 3.17. The first-order valence-electron chi connectivity index (χ1n) is 8.11. The molecule has 0 unspecified atom stereocenters. The highest BCUT2D eigenvalue weighted by molar-refractivity contribution is 7.98. The Kier molecular flexibility index (Phi) is 6.08. The lowest BCUT2D eigenvalue weighted by molar-refractivity contribution is 0.0600. The number of methoxy groups -OCH3 is 1. The molecule has 0 saturated carbocycles. The lowest BCUT2D eigenvalue weighted by atomic mass is 10.1. The zero-order valence-electron chi connectivity index (χ0n) is 14.7. The minimum atomic E-state index is -0.461. The molecular formula is C19H17FN2O4S. The summed E-state index contributed by atoms with van der Waals surface area (Å²) in [5.74, 6) is 0.762. The predicted molar refractivity (Wildman–Crippen MR) is 97.1 cm³/mol. The first-order chi connectivity index (χ1) is 13.0. The number of esters is 1. The highest BCUT2D eigenvalue weighted by Gasteiger charge is 2.16. The molecule has 0 radical (unpaired) electrons. The molecule has 6 nitrogen and oxygen atoms in total. The van der Waals surface area contributed by atoms with Gasteiger partial charge in [0.1, 0.15) is 11.6 Å². The van der Waals surface area contributed by atoms with Crippen LogP contribution in [-0.4, -0.2) is 23.3 Å². The fraction of sp³-hybridized carbons (Fsp3) is 0.211. The van der Waals surface area contributed by atoms with Gasteiger partial charge in [0.05, 0.1) is 12.7 Å². The van der Waals surface area contributed by atoms with Crippen molar-refractivity contribution in [2.75, 3.05) is 7.11 Å². The van der Waals surface area contributed by atoms with Gasteiger partial charge in [0.15, 0.2) is 6.10 Å². The van der Waals surface area contributed by atoms with E-state index in [1.54, 1.807) is 19.1 Å². The van der Waals surface area contributed by atoms with Gasteiger partial charge in [-0.25, -0.2) is 9.18 Å². The first-order valence-corrected chi connectivity index (χ1v) is 9.09. The highest BCUT2D eigenvalue weighted by Crippen LogP contribution is 2.26. The summed E-state index contributed by atoms with van der Waals surface area (Å²) in [6.07, 6.45) is -0.461. The Morgan fingerprint density at radius 1 is 1.15 bits per heavy atom. The van der Waals surface area contributed by atoms with Crippen LogP contribution in [0.3, 0.4) is 0 Å². The van der Waals surface area contributed by atoms with Crippen molar-refractivity contribution in [3.05, 3.63) is 71.4 Å². The number of nitrogens with zero attached hydrogens (tertiary/aromatic N) is 2. The van der Waals surface area contributed by atoms with E-state index in [-0.39, 0.29) is 11.8 Å². The molecule has 0 aliphatic carbocycles. The normalized spacial score (nSPS) is 11.8. The van der Waals surface area contributed by atoms with E-state index in [4.69, 9.17) is 9.15 Å². The molecule has 0 amide bonds. The van der Waals surface area contributed by atoms with Crippen molar-refractivity contribution in [1.82, 2.24) is 10.2 Å². The van der Waals surface area contributed by atoms with Crippen molar-refractivity contribution in [3.63, 3.8) is 0 Å². The smallest absolute Gasteiger partial charge is 0.337 e. The van der Waals surface area contributed by atoms with Gasteiger partial charge in [-0.05, 0) is 48.9 Å². The number of hydrogen-bond donors (Lipinski definition) is 0. The quantitative estimate of drug-likeness (QED) is 0.438. The lowest BCUT2D eigenvalue weighted by Gasteiger charge is -2.10. The Morgan fingerprint density at radius 3 is 2.52 bits per heavy atom. The van der Waals surface area contributed by atoms with Crippen LogP contribution in [0.25, 0.3) is 0 Å². The maximum atomic E-state index is 12.9. The SMILES string of the molecule is COC(=O)c1ccc(CSc2nnc([C@H](C)Oc3ccc(F)cc3)o2)cc1. The standard InChI is InChI=1S/C19H17FN2O4S/c1-12(25-16-9-7-15(20)8-10-16)17-21-22-19(26-17)27-11-13-3-5-14(6-4-13)18(23)24-2/h3-10,12H,11H2,1-2H3/t12-/m0/s1. The number of carbonyl (C=O) groups is 1. The topological polar surface area (TPSA) is 74.5 Å². The molecular weight excluding hydrogens is 371 g/mol. The number of benzene rings is 2. The Bertz CT molecular complexity index is 897. The minimum Gasteiger partial charge on any atom is -0.481 e. The fourth-order valence-electron chi connectivity index (χ4n) is 2.21. The average molecular weight is 388 g/mol. The molecule has 27 heavy (non-hydrogen) atoms. The van der Waals surface area contributed by atoms with E-state index < -0.39 is 6.10 Å². The number of carbonyl (C=O) groups excluding carboxylic acids is 1. The lowest BCUT2D eigenvalue weighted by Crippen LogP contribution is -2.03. The predicted octanol–water partition coefficient (Wildman–Crippen LogP) is 4.43. The molecule has 1 atom stereocenters. The Balaban J connectivity index is 1.55. The number of thioether (sulfide) groups is 1. The van der Waals surface area contributed by atoms with Gasteiger partial charge in [-0.3, -0.25) is 0 Å². The van der Waals surface area contributed by atoms with Crippen molar-refractivity contribution >= 4 is 17.7 Å². The summed E-state index contributed by atoms with van der Waals surface area (Å²) in [5.41, 5.74) is 1.50. The number of hydrogen-bond acceptors (Lipinski definition) is 7. The van der Waals surface area contributed by atoms with E-state index in [0.717, 1.165) is 5.56 Å². The zero-order valence-corrected chi connectivity index (χ0v) is 15.5. The van der Waals surface area contributed by atoms with Gasteiger partial charge in [-0.2, -0.15) is 0 Å². The molecule has 0 saturated heterocycles. The van der Waals surface area contributed by atoms with Gasteiger partial charge < -0.3 is 13.9 Å². The van der Waals surface area contributed by atoms with E-state index in [2.05, 4.69) is 14.9 Å². The van der Waals surface area contributed by atoms with Crippen molar-refractivity contribution < 1.29 is 23.1 Å². The Morgan fingerprint density at radius 2 is 1.85 bits per heavy atom. The van der Waals surface area contributed by atoms with Gasteiger partial charge >= 0.3 is 5.97 Å². The van der Waals surface area contributed by atoms with E-state index in [9.17, 15) is 9.18 Å². The van der Waals surface area contributed by atoms with Crippen molar-refractivity contribution in [3.8, 4) is 5.75 Å². The first kappa shape index (κ1) is 18.9. The fourth-order valence-corrected chi connectivity index (χ4v) is 2.94. The molecule has 8 heteroatoms. The number of rotatable bonds is 7. The molecule has 1 heterocycles. The summed E-state index contributed by atoms with van der Waals surface area (Å²) >= 11 is 1.38. The van der Waals surface area contributed by atoms with Crippen LogP contribution < -0.4 is 4.74 Å². The largest absolute Gasteiger partial charge is 0.481 e. The molecule has 0 aliphatic rings. The summed E-state index contributed by atoms with van der Waals surface area (Å²) in [7, 11) is 1.35. The van der Waals surface area contributed by atoms with E-state index >= 15 is 0 Å². The third-order valence-corrected chi connectivity index (χ3v) is 4.52. The number of halogens is 1. The Hall–Kier alpha value is -2.87. The molecule has 3 rings (SSSR count). The van der Waals surface area contributed by atoms with Gasteiger partial charge in [0.2, 0.25) is 0 Å². The summed E-state index contributed by atoms with van der Waals surface area (Å²) in [6.45, 7) is 1.77. The van der Waals surface area contributed by atoms with Crippen molar-refractivity contribution in [1.29, 1.82) is 0 Å². The number of ether oxygens (including phenoxy) is 2. The van der Waals surface area contributed by atoms with Crippen LogP contribution in [-0.2, 0) is 10.5 Å². The van der Waals surface area contributed by atoms with Crippen molar-refractivity contribution in [2.24, 2.45) is 0 Å². The summed E-state index contributed by atoms with van der Waals surface area (Å²) in [4.78, 5) is 11.4. The second-order valence-electron chi connectivity index (χ2n) is 5.60. The van der Waals surface area contributed by atoms with Crippen LogP contribution in [0.5, 0.6) is 5.75 Å². The third kappa shape index (κ3) is 5.07. The summed E-state index contributed by atoms with van der Waals surface area (Å²) in [5, 5.41) is 8.41. The van der Waals surface area contributed by atoms with Crippen LogP contribution in [0.1, 0.15) is 34.8 Å². The van der Waals surface area contributed by atoms with Crippen LogP contribution in [0.4, 0.5) is 4.39 Å². The molecule has 0 bridgehead atoms. The highest BCUT2D eigenvalue weighted by atomic mass is 32.2. The monoisotopic (exact) mass is 388 g/mol. The maximum absolute atomic E-state index is 12.9. The molecule has 2 aromatic carbocycles. The van der Waals surface area contributed by atoms with Gasteiger partial charge in [0, 0.05) is 5.75 Å². The minimum absolute atomic E-state index is 0.328. The van der Waals surface area contributed by atoms with Gasteiger partial charge in [0.25, 0.3) is 11.1 Å². The van der Waals surface area contributed by atoms with Crippen LogP contribution in [0, 0.1) is 5.82 Å². The van der Waals surface area contributed by atoms with Crippen LogP contribution >= 0.6 is 11.8 Å². The molecule has 0 spiro atoms. The molecule has 0 N–H and O–H groups in total. The molecule has 0 fully saturated rings. The van der Waals surface area contributed by atoms with Crippen LogP contribution in [0.2, 0.25) is 0 Å². The maximum Gasteiger partial charge on any atom is 0.337 e. The number of aromatic nitrogens is 2. The van der Waals surface area contributed by atoms with E-state index in [1.807, 2.05) is 12.1 Å². The zero-order chi connectivity index (χ0) is 19.2. The molecule has 0 aliphatic heterocycles. The van der Waals surface area contributed by atoms with E-state index in [0.29, 0.717) is 28.2 Å². The molecule has 140 valence electrons. The molecule has 3 aromatic rings. The molecule has 1 aromatic heterocycles. The van der Waals surface area contributed by atoms with Crippen molar-refractivity contribution in [2.45, 2.75) is 24.0 Å². The third-order valence-electron chi connectivity index (χ3n) is 3.63. The summed E-state index contributed by atoms with van der Waals surface area (Å²) < 4.78 is 28.9. The van der Waals surface area contributed by atoms with E-state index in [1.165, 1.54) is 43.1 Å². The van der Waals surface area contributed by atoms with Gasteiger partial charge in [-0.15, -0.1) is 10.2 Å². The summed E-state index contributed by atoms with van der Waals surface area (Å²) in [6, 6.07) is 12.8. The van der Waals surface area contributed by atoms with Gasteiger partial charge in [-0.1, -0.05) is 23.9 Å². The second-order valence-corrected chi connectivity index (χ2v) is 6.52. The Labute approximate surface area is 159 Å².